The van der Waals surface area contributed by atoms with Crippen LogP contribution in [0.1, 0.15) is 13.8 Å². The zero-order valence-corrected chi connectivity index (χ0v) is 16.6. The number of hydrogen-bond acceptors (Lipinski definition) is 6. The van der Waals surface area contributed by atoms with Crippen LogP contribution in [0.15, 0.2) is 34.2 Å². The fraction of sp³-hybridized carbons (Fsp3) is 0.588. The van der Waals surface area contributed by atoms with Crippen LogP contribution in [0, 0.1) is 0 Å². The van der Waals surface area contributed by atoms with Crippen molar-refractivity contribution in [3.8, 4) is 5.75 Å². The fourth-order valence-corrected chi connectivity index (χ4v) is 4.33. The standard InChI is InChI=1S/C17H26F2N4O3S/c1-4-22(5-2)12-11-21(3)17-20-9-10-23(17)27(24,25)15-8-6-7-14(13-15)26-16(18)19/h6-8,13,16H,4-5,9-12H2,1-3H3. The van der Waals surface area contributed by atoms with Gasteiger partial charge < -0.3 is 14.5 Å². The Kier molecular flexibility index (Phi) is 7.37. The zero-order valence-electron chi connectivity index (χ0n) is 15.8. The van der Waals surface area contributed by atoms with Gasteiger partial charge in [-0.2, -0.15) is 8.78 Å². The van der Waals surface area contributed by atoms with E-state index in [4.69, 9.17) is 0 Å². The van der Waals surface area contributed by atoms with E-state index in [-0.39, 0.29) is 17.2 Å². The molecule has 152 valence electrons. The summed E-state index contributed by atoms with van der Waals surface area (Å²) in [5.41, 5.74) is 0. The Morgan fingerprint density at radius 1 is 1.26 bits per heavy atom. The molecule has 0 spiro atoms. The van der Waals surface area contributed by atoms with Gasteiger partial charge in [0.25, 0.3) is 10.0 Å². The Morgan fingerprint density at radius 2 is 1.96 bits per heavy atom. The maximum atomic E-state index is 13.0. The largest absolute Gasteiger partial charge is 0.435 e. The maximum absolute atomic E-state index is 13.0. The second-order valence-electron chi connectivity index (χ2n) is 6.06. The van der Waals surface area contributed by atoms with E-state index in [0.29, 0.717) is 19.0 Å². The average Bonchev–Trinajstić information content (AvgIpc) is 3.13. The van der Waals surface area contributed by atoms with Crippen molar-refractivity contribution in [1.82, 2.24) is 14.1 Å². The highest BCUT2D eigenvalue weighted by molar-refractivity contribution is 7.89. The molecule has 1 aromatic rings. The molecule has 7 nitrogen and oxygen atoms in total. The molecule has 27 heavy (non-hydrogen) atoms. The highest BCUT2D eigenvalue weighted by Gasteiger charge is 2.33. The molecular formula is C17H26F2N4O3S. The van der Waals surface area contributed by atoms with E-state index in [0.717, 1.165) is 25.7 Å². The van der Waals surface area contributed by atoms with E-state index in [1.807, 2.05) is 4.90 Å². The molecule has 1 aliphatic heterocycles. The molecule has 0 aliphatic carbocycles. The van der Waals surface area contributed by atoms with Gasteiger partial charge >= 0.3 is 6.61 Å². The Hall–Kier alpha value is -1.94. The molecule has 1 heterocycles. The Bertz CT molecular complexity index is 754. The van der Waals surface area contributed by atoms with Crippen molar-refractivity contribution in [2.75, 3.05) is 46.3 Å². The number of rotatable bonds is 9. The lowest BCUT2D eigenvalue weighted by atomic mass is 10.3. The first kappa shape index (κ1) is 21.4. The van der Waals surface area contributed by atoms with Gasteiger partial charge in [-0.1, -0.05) is 19.9 Å². The molecule has 0 saturated heterocycles. The van der Waals surface area contributed by atoms with Crippen LogP contribution in [0.2, 0.25) is 0 Å². The number of hydrogen-bond donors (Lipinski definition) is 0. The third kappa shape index (κ3) is 5.29. The second-order valence-corrected chi connectivity index (χ2v) is 7.92. The Labute approximate surface area is 159 Å². The monoisotopic (exact) mass is 404 g/mol. The van der Waals surface area contributed by atoms with Crippen molar-refractivity contribution >= 4 is 16.0 Å². The van der Waals surface area contributed by atoms with Crippen LogP contribution in [-0.4, -0.2) is 81.4 Å². The minimum absolute atomic E-state index is 0.104. The molecule has 0 N–H and O–H groups in total. The van der Waals surface area contributed by atoms with Gasteiger partial charge in [0.05, 0.1) is 18.0 Å². The predicted octanol–water partition coefficient (Wildman–Crippen LogP) is 1.92. The van der Waals surface area contributed by atoms with Gasteiger partial charge in [0.1, 0.15) is 5.75 Å². The van der Waals surface area contributed by atoms with Crippen LogP contribution in [0.4, 0.5) is 8.78 Å². The van der Waals surface area contributed by atoms with Crippen LogP contribution in [0.3, 0.4) is 0 Å². The quantitative estimate of drug-likeness (QED) is 0.629. The summed E-state index contributed by atoms with van der Waals surface area (Å²) < 4.78 is 56.4. The fourth-order valence-electron chi connectivity index (χ4n) is 2.83. The highest BCUT2D eigenvalue weighted by atomic mass is 32.2. The van der Waals surface area contributed by atoms with Crippen molar-refractivity contribution in [3.63, 3.8) is 0 Å². The third-order valence-corrected chi connectivity index (χ3v) is 6.16. The SMILES string of the molecule is CCN(CC)CCN(C)C1=NCCN1S(=O)(=O)c1cccc(OC(F)F)c1. The summed E-state index contributed by atoms with van der Waals surface area (Å²) >= 11 is 0. The van der Waals surface area contributed by atoms with Gasteiger partial charge in [-0.15, -0.1) is 0 Å². The molecule has 1 aromatic carbocycles. The van der Waals surface area contributed by atoms with E-state index in [1.54, 1.807) is 7.05 Å². The molecule has 0 unspecified atom stereocenters. The van der Waals surface area contributed by atoms with E-state index < -0.39 is 16.6 Å². The van der Waals surface area contributed by atoms with Crippen molar-refractivity contribution in [2.45, 2.75) is 25.4 Å². The molecule has 1 aliphatic rings. The molecule has 2 rings (SSSR count). The number of aliphatic imine (C=N–C) groups is 1. The van der Waals surface area contributed by atoms with Gasteiger partial charge in [0, 0.05) is 26.2 Å². The summed E-state index contributed by atoms with van der Waals surface area (Å²) in [6.07, 6.45) is 0. The normalized spacial score (nSPS) is 14.8. The number of ether oxygens (including phenoxy) is 1. The molecule has 0 fully saturated rings. The molecule has 0 atom stereocenters. The highest BCUT2D eigenvalue weighted by Crippen LogP contribution is 2.24. The predicted molar refractivity (Wildman–Crippen MR) is 99.7 cm³/mol. The van der Waals surface area contributed by atoms with E-state index in [1.165, 1.54) is 22.5 Å². The van der Waals surface area contributed by atoms with Gasteiger partial charge in [-0.25, -0.2) is 12.7 Å². The number of benzene rings is 1. The number of guanidine groups is 1. The minimum Gasteiger partial charge on any atom is -0.435 e. The van der Waals surface area contributed by atoms with Crippen molar-refractivity contribution in [3.05, 3.63) is 24.3 Å². The first-order chi connectivity index (χ1) is 12.8. The lowest BCUT2D eigenvalue weighted by molar-refractivity contribution is -0.0500. The molecule has 0 aromatic heterocycles. The summed E-state index contributed by atoms with van der Waals surface area (Å²) in [7, 11) is -2.12. The first-order valence-electron chi connectivity index (χ1n) is 8.85. The topological polar surface area (TPSA) is 65.5 Å². The minimum atomic E-state index is -3.92. The molecule has 0 saturated carbocycles. The smallest absolute Gasteiger partial charge is 0.387 e. The number of alkyl halides is 2. The van der Waals surface area contributed by atoms with Crippen molar-refractivity contribution in [1.29, 1.82) is 0 Å². The Morgan fingerprint density at radius 3 is 2.59 bits per heavy atom. The van der Waals surface area contributed by atoms with Crippen molar-refractivity contribution in [2.24, 2.45) is 4.99 Å². The van der Waals surface area contributed by atoms with Gasteiger partial charge in [-0.05, 0) is 25.2 Å². The maximum Gasteiger partial charge on any atom is 0.387 e. The molecule has 10 heteroatoms. The van der Waals surface area contributed by atoms with Crippen LogP contribution >= 0.6 is 0 Å². The molecule has 0 bridgehead atoms. The van der Waals surface area contributed by atoms with Gasteiger partial charge in [0.2, 0.25) is 5.96 Å². The van der Waals surface area contributed by atoms with Crippen LogP contribution in [0.25, 0.3) is 0 Å². The van der Waals surface area contributed by atoms with E-state index in [2.05, 4.69) is 28.5 Å². The average molecular weight is 404 g/mol. The van der Waals surface area contributed by atoms with E-state index in [9.17, 15) is 17.2 Å². The molecular weight excluding hydrogens is 378 g/mol. The summed E-state index contributed by atoms with van der Waals surface area (Å²) in [6.45, 7) is 4.94. The number of sulfonamides is 1. The number of halogens is 2. The lowest BCUT2D eigenvalue weighted by Gasteiger charge is -2.29. The molecule has 0 radical (unpaired) electrons. The first-order valence-corrected chi connectivity index (χ1v) is 10.3. The summed E-state index contributed by atoms with van der Waals surface area (Å²) in [5, 5.41) is 0. The third-order valence-electron chi connectivity index (χ3n) is 4.39. The summed E-state index contributed by atoms with van der Waals surface area (Å²) in [5.74, 6) is 0.168. The van der Waals surface area contributed by atoms with E-state index >= 15 is 0 Å². The zero-order chi connectivity index (χ0) is 20.0. The summed E-state index contributed by atoms with van der Waals surface area (Å²) in [4.78, 5) is 8.26. The second kappa shape index (κ2) is 9.32. The van der Waals surface area contributed by atoms with Crippen LogP contribution in [0.5, 0.6) is 5.75 Å². The number of nitrogens with zero attached hydrogens (tertiary/aromatic N) is 4. The Balaban J connectivity index is 2.17. The summed E-state index contributed by atoms with van der Waals surface area (Å²) in [6, 6.07) is 5.13. The lowest BCUT2D eigenvalue weighted by Crippen LogP contribution is -2.45. The van der Waals surface area contributed by atoms with Gasteiger partial charge in [0.15, 0.2) is 0 Å². The molecule has 0 amide bonds. The number of likely N-dealkylation sites (N-methyl/N-ethyl adjacent to an activating group) is 2. The van der Waals surface area contributed by atoms with Crippen LogP contribution < -0.4 is 4.74 Å². The van der Waals surface area contributed by atoms with Crippen molar-refractivity contribution < 1.29 is 21.9 Å². The van der Waals surface area contributed by atoms with Crippen LogP contribution in [-0.2, 0) is 10.0 Å². The van der Waals surface area contributed by atoms with Gasteiger partial charge in [-0.3, -0.25) is 4.99 Å².